The van der Waals surface area contributed by atoms with Gasteiger partial charge in [0, 0.05) is 30.3 Å². The molecule has 3 heterocycles. The second-order valence-electron chi connectivity index (χ2n) is 8.14. The third kappa shape index (κ3) is 2.55. The minimum Gasteiger partial charge on any atom is -0.396 e. The average molecular weight is 351 g/mol. The summed E-state index contributed by atoms with van der Waals surface area (Å²) in [6, 6.07) is 4.98. The summed E-state index contributed by atoms with van der Waals surface area (Å²) in [5, 5.41) is 18.7. The zero-order valence-electron chi connectivity index (χ0n) is 15.3. The zero-order chi connectivity index (χ0) is 17.8. The molecule has 0 aliphatic heterocycles. The Morgan fingerprint density at radius 1 is 1.23 bits per heavy atom. The van der Waals surface area contributed by atoms with Gasteiger partial charge < -0.3 is 5.11 Å². The lowest BCUT2D eigenvalue weighted by Gasteiger charge is -2.34. The number of pyridine rings is 1. The molecule has 1 N–H and O–H groups in total. The number of aliphatic hydroxyl groups excluding tert-OH is 1. The molecule has 2 aliphatic carbocycles. The molecule has 5 rings (SSSR count). The fourth-order valence-electron chi connectivity index (χ4n) is 4.01. The number of rotatable bonds is 5. The highest BCUT2D eigenvalue weighted by Crippen LogP contribution is 2.45. The van der Waals surface area contributed by atoms with Crippen molar-refractivity contribution in [1.82, 2.24) is 24.5 Å². The molecule has 0 bridgehead atoms. The van der Waals surface area contributed by atoms with E-state index in [0.29, 0.717) is 23.9 Å². The first-order valence-electron chi connectivity index (χ1n) is 9.68. The van der Waals surface area contributed by atoms with Crippen molar-refractivity contribution < 1.29 is 5.11 Å². The highest BCUT2D eigenvalue weighted by Gasteiger charge is 2.34. The van der Waals surface area contributed by atoms with Crippen molar-refractivity contribution in [2.45, 2.75) is 57.5 Å². The molecule has 2 saturated carbocycles. The zero-order valence-corrected chi connectivity index (χ0v) is 15.3. The van der Waals surface area contributed by atoms with E-state index in [0.717, 1.165) is 29.6 Å². The van der Waals surface area contributed by atoms with E-state index in [1.807, 2.05) is 10.9 Å². The van der Waals surface area contributed by atoms with E-state index in [2.05, 4.69) is 42.0 Å². The monoisotopic (exact) mass is 351 g/mol. The standard InChI is InChI=1S/C20H25N5O/c1-12(2)25-19-6-5-17(22-18(19)9-21-25)16-10-24(15-7-13(8-15)11-26)23-20(16)14-3-4-14/h5-6,9-10,12-15,26H,3-4,7-8,11H2,1-2H3. The van der Waals surface area contributed by atoms with Gasteiger partial charge in [-0.15, -0.1) is 0 Å². The first-order chi connectivity index (χ1) is 12.6. The third-order valence-corrected chi connectivity index (χ3v) is 5.79. The van der Waals surface area contributed by atoms with Crippen LogP contribution in [0.2, 0.25) is 0 Å². The van der Waals surface area contributed by atoms with Crippen LogP contribution in [0.3, 0.4) is 0 Å². The summed E-state index contributed by atoms with van der Waals surface area (Å²) in [5.74, 6) is 1.02. The summed E-state index contributed by atoms with van der Waals surface area (Å²) >= 11 is 0. The molecule has 2 fully saturated rings. The van der Waals surface area contributed by atoms with E-state index < -0.39 is 0 Å². The molecule has 6 nitrogen and oxygen atoms in total. The molecule has 0 amide bonds. The lowest BCUT2D eigenvalue weighted by Crippen LogP contribution is -2.29. The van der Waals surface area contributed by atoms with Gasteiger partial charge in [-0.3, -0.25) is 9.36 Å². The topological polar surface area (TPSA) is 68.8 Å². The highest BCUT2D eigenvalue weighted by atomic mass is 16.3. The number of aliphatic hydroxyl groups is 1. The Labute approximate surface area is 152 Å². The Balaban J connectivity index is 1.52. The molecule has 0 spiro atoms. The molecule has 3 aromatic rings. The second-order valence-corrected chi connectivity index (χ2v) is 8.14. The van der Waals surface area contributed by atoms with Gasteiger partial charge in [0.2, 0.25) is 0 Å². The van der Waals surface area contributed by atoms with Crippen molar-refractivity contribution in [3.05, 3.63) is 30.2 Å². The number of fused-ring (bicyclic) bond motifs is 1. The Morgan fingerprint density at radius 3 is 2.73 bits per heavy atom. The van der Waals surface area contributed by atoms with Gasteiger partial charge in [-0.2, -0.15) is 10.2 Å². The lowest BCUT2D eigenvalue weighted by molar-refractivity contribution is 0.105. The Bertz CT molecular complexity index is 946. The third-order valence-electron chi connectivity index (χ3n) is 5.79. The molecule has 0 unspecified atom stereocenters. The molecular weight excluding hydrogens is 326 g/mol. The fourth-order valence-corrected chi connectivity index (χ4v) is 4.01. The quantitative estimate of drug-likeness (QED) is 0.761. The van der Waals surface area contributed by atoms with Gasteiger partial charge in [0.15, 0.2) is 0 Å². The van der Waals surface area contributed by atoms with Gasteiger partial charge >= 0.3 is 0 Å². The number of aromatic nitrogens is 5. The molecule has 0 saturated heterocycles. The Morgan fingerprint density at radius 2 is 2.04 bits per heavy atom. The SMILES string of the molecule is CC(C)n1ncc2nc(-c3cn(C4CC(CO)C4)nc3C3CC3)ccc21. The van der Waals surface area contributed by atoms with Crippen molar-refractivity contribution in [3.63, 3.8) is 0 Å². The van der Waals surface area contributed by atoms with Crippen molar-refractivity contribution >= 4 is 11.0 Å². The maximum Gasteiger partial charge on any atom is 0.109 e. The van der Waals surface area contributed by atoms with Crippen LogP contribution in [0, 0.1) is 5.92 Å². The van der Waals surface area contributed by atoms with Crippen LogP contribution in [0.1, 0.15) is 63.2 Å². The van der Waals surface area contributed by atoms with Crippen LogP contribution >= 0.6 is 0 Å². The summed E-state index contributed by atoms with van der Waals surface area (Å²) in [4.78, 5) is 4.89. The average Bonchev–Trinajstić information content (AvgIpc) is 3.20. The van der Waals surface area contributed by atoms with E-state index in [9.17, 15) is 5.11 Å². The van der Waals surface area contributed by atoms with E-state index in [-0.39, 0.29) is 6.61 Å². The van der Waals surface area contributed by atoms with Crippen LogP contribution in [-0.2, 0) is 0 Å². The summed E-state index contributed by atoms with van der Waals surface area (Å²) in [7, 11) is 0. The van der Waals surface area contributed by atoms with Gasteiger partial charge in [-0.25, -0.2) is 4.98 Å². The molecule has 3 aromatic heterocycles. The first-order valence-corrected chi connectivity index (χ1v) is 9.68. The molecule has 2 aliphatic rings. The van der Waals surface area contributed by atoms with Crippen LogP contribution in [0.4, 0.5) is 0 Å². The summed E-state index contributed by atoms with van der Waals surface area (Å²) in [6.45, 7) is 4.56. The number of hydrogen-bond acceptors (Lipinski definition) is 4. The maximum atomic E-state index is 9.28. The predicted molar refractivity (Wildman–Crippen MR) is 100.0 cm³/mol. The highest BCUT2D eigenvalue weighted by molar-refractivity contribution is 5.78. The Hall–Kier alpha value is -2.21. The van der Waals surface area contributed by atoms with E-state index >= 15 is 0 Å². The Kier molecular flexibility index (Phi) is 3.64. The maximum absolute atomic E-state index is 9.28. The molecular formula is C20H25N5O. The smallest absolute Gasteiger partial charge is 0.109 e. The fraction of sp³-hybridized carbons (Fsp3) is 0.550. The molecule has 136 valence electrons. The number of nitrogens with zero attached hydrogens (tertiary/aromatic N) is 5. The van der Waals surface area contributed by atoms with Crippen molar-refractivity contribution in [2.24, 2.45) is 5.92 Å². The van der Waals surface area contributed by atoms with Crippen molar-refractivity contribution in [1.29, 1.82) is 0 Å². The minimum absolute atomic E-state index is 0.290. The predicted octanol–water partition coefficient (Wildman–Crippen LogP) is 3.70. The van der Waals surface area contributed by atoms with E-state index in [1.54, 1.807) is 0 Å². The number of hydrogen-bond donors (Lipinski definition) is 1. The van der Waals surface area contributed by atoms with Crippen LogP contribution in [0.25, 0.3) is 22.3 Å². The molecule has 0 aromatic carbocycles. The van der Waals surface area contributed by atoms with Gasteiger partial charge in [0.05, 0.1) is 29.1 Å². The van der Waals surface area contributed by atoms with Crippen LogP contribution in [0.5, 0.6) is 0 Å². The molecule has 0 radical (unpaired) electrons. The van der Waals surface area contributed by atoms with Gasteiger partial charge in [0.25, 0.3) is 0 Å². The van der Waals surface area contributed by atoms with E-state index in [1.165, 1.54) is 24.1 Å². The van der Waals surface area contributed by atoms with Gasteiger partial charge in [-0.05, 0) is 57.6 Å². The van der Waals surface area contributed by atoms with Crippen LogP contribution in [-0.4, -0.2) is 36.3 Å². The molecule has 26 heavy (non-hydrogen) atoms. The van der Waals surface area contributed by atoms with Crippen LogP contribution in [0.15, 0.2) is 24.5 Å². The lowest BCUT2D eigenvalue weighted by atomic mass is 9.81. The van der Waals surface area contributed by atoms with Crippen LogP contribution < -0.4 is 0 Å². The van der Waals surface area contributed by atoms with Gasteiger partial charge in [0.1, 0.15) is 5.52 Å². The molecule has 6 heteroatoms. The second kappa shape index (κ2) is 5.91. The van der Waals surface area contributed by atoms with Crippen molar-refractivity contribution in [2.75, 3.05) is 6.61 Å². The van der Waals surface area contributed by atoms with Gasteiger partial charge in [-0.1, -0.05) is 0 Å². The largest absolute Gasteiger partial charge is 0.396 e. The first kappa shape index (κ1) is 16.0. The summed E-state index contributed by atoms with van der Waals surface area (Å²) in [5.41, 5.74) is 5.37. The van der Waals surface area contributed by atoms with Crippen molar-refractivity contribution in [3.8, 4) is 11.3 Å². The minimum atomic E-state index is 0.290. The normalized spacial score (nSPS) is 22.9. The summed E-state index contributed by atoms with van der Waals surface area (Å²) < 4.78 is 4.14. The molecule has 0 atom stereocenters. The van der Waals surface area contributed by atoms with E-state index in [4.69, 9.17) is 10.1 Å². The summed E-state index contributed by atoms with van der Waals surface area (Å²) in [6.07, 6.45) is 8.53.